The molecule has 0 spiro atoms. The summed E-state index contributed by atoms with van der Waals surface area (Å²) in [5.41, 5.74) is 6.70. The minimum Gasteiger partial charge on any atom is -0.309 e. The predicted octanol–water partition coefficient (Wildman–Crippen LogP) is 5.63. The van der Waals surface area contributed by atoms with Gasteiger partial charge in [-0.15, -0.1) is 0 Å². The average Bonchev–Trinajstić information content (AvgIpc) is 3.59. The molecule has 0 N–H and O–H groups in total. The second-order valence-corrected chi connectivity index (χ2v) is 7.45. The minimum atomic E-state index is 0.107. The highest BCUT2D eigenvalue weighted by atomic mass is 16.1. The van der Waals surface area contributed by atoms with E-state index in [9.17, 15) is 4.79 Å². The van der Waals surface area contributed by atoms with E-state index in [1.54, 1.807) is 0 Å². The first-order valence-electron chi connectivity index (χ1n) is 9.94. The minimum absolute atomic E-state index is 0.107. The Morgan fingerprint density at radius 1 is 0.964 bits per heavy atom. The van der Waals surface area contributed by atoms with Gasteiger partial charge in [-0.1, -0.05) is 42.5 Å². The standard InChI is InChI=1S/C25H22N2O/c1-2-27-23-13-12-19(15-22(23)21(16-24(27)28)17-10-11-17)20-9-6-14-26-25(20)18-7-4-3-5-8-18/h3-9,12-17H,2,10-11H2,1H3. The third-order valence-electron chi connectivity index (χ3n) is 5.64. The Labute approximate surface area is 164 Å². The van der Waals surface area contributed by atoms with Crippen molar-refractivity contribution in [1.29, 1.82) is 0 Å². The molecule has 0 atom stereocenters. The van der Waals surface area contributed by atoms with E-state index >= 15 is 0 Å². The predicted molar refractivity (Wildman–Crippen MR) is 115 cm³/mol. The van der Waals surface area contributed by atoms with Crippen LogP contribution in [0.4, 0.5) is 0 Å². The molecule has 0 aliphatic heterocycles. The van der Waals surface area contributed by atoms with E-state index < -0.39 is 0 Å². The Morgan fingerprint density at radius 3 is 2.54 bits per heavy atom. The second-order valence-electron chi connectivity index (χ2n) is 7.45. The van der Waals surface area contributed by atoms with E-state index in [0.717, 1.165) is 27.9 Å². The van der Waals surface area contributed by atoms with Crippen LogP contribution in [0.1, 0.15) is 31.2 Å². The summed E-state index contributed by atoms with van der Waals surface area (Å²) in [6, 6.07) is 22.7. The highest BCUT2D eigenvalue weighted by Gasteiger charge is 2.27. The molecule has 5 rings (SSSR count). The second kappa shape index (κ2) is 6.75. The summed E-state index contributed by atoms with van der Waals surface area (Å²) in [6.45, 7) is 2.71. The molecule has 3 heteroatoms. The van der Waals surface area contributed by atoms with Crippen molar-refractivity contribution in [2.45, 2.75) is 32.2 Å². The van der Waals surface area contributed by atoms with Gasteiger partial charge in [0.05, 0.1) is 11.2 Å². The van der Waals surface area contributed by atoms with Crippen LogP contribution in [0.5, 0.6) is 0 Å². The zero-order valence-electron chi connectivity index (χ0n) is 15.9. The van der Waals surface area contributed by atoms with E-state index in [-0.39, 0.29) is 5.56 Å². The van der Waals surface area contributed by atoms with Gasteiger partial charge in [0, 0.05) is 35.3 Å². The fourth-order valence-electron chi connectivity index (χ4n) is 4.10. The fraction of sp³-hybridized carbons (Fsp3) is 0.200. The van der Waals surface area contributed by atoms with Gasteiger partial charge in [0.2, 0.25) is 0 Å². The molecule has 0 bridgehead atoms. The van der Waals surface area contributed by atoms with Crippen LogP contribution in [-0.4, -0.2) is 9.55 Å². The molecule has 1 fully saturated rings. The summed E-state index contributed by atoms with van der Waals surface area (Å²) in [4.78, 5) is 17.2. The average molecular weight is 366 g/mol. The van der Waals surface area contributed by atoms with Gasteiger partial charge in [0.15, 0.2) is 0 Å². The number of hydrogen-bond acceptors (Lipinski definition) is 2. The summed E-state index contributed by atoms with van der Waals surface area (Å²) in [5, 5.41) is 1.20. The Bertz CT molecular complexity index is 1220. The molecule has 0 saturated heterocycles. The summed E-state index contributed by atoms with van der Waals surface area (Å²) in [5.74, 6) is 0.527. The quantitative estimate of drug-likeness (QED) is 0.469. The highest BCUT2D eigenvalue weighted by Crippen LogP contribution is 2.43. The Morgan fingerprint density at radius 2 is 1.79 bits per heavy atom. The largest absolute Gasteiger partial charge is 0.309 e. The Kier molecular flexibility index (Phi) is 4.09. The first kappa shape index (κ1) is 16.9. The van der Waals surface area contributed by atoms with E-state index in [4.69, 9.17) is 0 Å². The van der Waals surface area contributed by atoms with E-state index in [0.29, 0.717) is 12.5 Å². The van der Waals surface area contributed by atoms with Gasteiger partial charge >= 0.3 is 0 Å². The van der Waals surface area contributed by atoms with Crippen LogP contribution < -0.4 is 5.56 Å². The molecular formula is C25H22N2O. The maximum atomic E-state index is 12.6. The van der Waals surface area contributed by atoms with Crippen molar-refractivity contribution in [2.75, 3.05) is 0 Å². The Balaban J connectivity index is 1.75. The van der Waals surface area contributed by atoms with E-state index in [2.05, 4.69) is 41.4 Å². The SMILES string of the molecule is CCn1c(=O)cc(C2CC2)c2cc(-c3cccnc3-c3ccccc3)ccc21. The smallest absolute Gasteiger partial charge is 0.251 e. The van der Waals surface area contributed by atoms with Crippen molar-refractivity contribution < 1.29 is 0 Å². The lowest BCUT2D eigenvalue weighted by Gasteiger charge is -2.15. The zero-order valence-corrected chi connectivity index (χ0v) is 15.9. The molecule has 2 aromatic carbocycles. The highest BCUT2D eigenvalue weighted by molar-refractivity contribution is 5.91. The maximum absolute atomic E-state index is 12.6. The lowest BCUT2D eigenvalue weighted by Crippen LogP contribution is -2.19. The molecule has 2 heterocycles. The number of nitrogens with zero attached hydrogens (tertiary/aromatic N) is 2. The Hall–Kier alpha value is -3.20. The molecule has 1 aliphatic rings. The van der Waals surface area contributed by atoms with Crippen LogP contribution in [0.25, 0.3) is 33.3 Å². The fourth-order valence-corrected chi connectivity index (χ4v) is 4.10. The zero-order chi connectivity index (χ0) is 19.1. The molecular weight excluding hydrogens is 344 g/mol. The van der Waals surface area contributed by atoms with Gasteiger partial charge in [0.1, 0.15) is 0 Å². The molecule has 28 heavy (non-hydrogen) atoms. The number of fused-ring (bicyclic) bond motifs is 1. The van der Waals surface area contributed by atoms with E-state index in [1.807, 2.05) is 48.0 Å². The van der Waals surface area contributed by atoms with Crippen LogP contribution >= 0.6 is 0 Å². The number of aromatic nitrogens is 2. The molecule has 1 saturated carbocycles. The summed E-state index contributed by atoms with van der Waals surface area (Å²) in [7, 11) is 0. The number of benzene rings is 2. The van der Waals surface area contributed by atoms with Crippen molar-refractivity contribution in [3.8, 4) is 22.4 Å². The summed E-state index contributed by atoms with van der Waals surface area (Å²) in [6.07, 6.45) is 4.20. The van der Waals surface area contributed by atoms with Crippen LogP contribution in [0, 0.1) is 0 Å². The molecule has 1 aliphatic carbocycles. The van der Waals surface area contributed by atoms with E-state index in [1.165, 1.54) is 23.8 Å². The summed E-state index contributed by atoms with van der Waals surface area (Å²) < 4.78 is 1.87. The molecule has 2 aromatic heterocycles. The van der Waals surface area contributed by atoms with Crippen molar-refractivity contribution in [1.82, 2.24) is 9.55 Å². The van der Waals surface area contributed by atoms with Crippen molar-refractivity contribution in [3.63, 3.8) is 0 Å². The number of aryl methyl sites for hydroxylation is 1. The lowest BCUT2D eigenvalue weighted by molar-refractivity contribution is 0.757. The van der Waals surface area contributed by atoms with Crippen LogP contribution in [0.3, 0.4) is 0 Å². The summed E-state index contributed by atoms with van der Waals surface area (Å²) >= 11 is 0. The number of pyridine rings is 2. The molecule has 4 aromatic rings. The molecule has 0 radical (unpaired) electrons. The maximum Gasteiger partial charge on any atom is 0.251 e. The first-order valence-corrected chi connectivity index (χ1v) is 9.94. The third-order valence-corrected chi connectivity index (χ3v) is 5.64. The van der Waals surface area contributed by atoms with Crippen LogP contribution in [0.2, 0.25) is 0 Å². The van der Waals surface area contributed by atoms with Gasteiger partial charge in [0.25, 0.3) is 5.56 Å². The van der Waals surface area contributed by atoms with Crippen molar-refractivity contribution >= 4 is 10.9 Å². The van der Waals surface area contributed by atoms with Crippen LogP contribution in [-0.2, 0) is 6.54 Å². The first-order chi connectivity index (χ1) is 13.8. The van der Waals surface area contributed by atoms with Gasteiger partial charge in [-0.05, 0) is 55.0 Å². The number of rotatable bonds is 4. The monoisotopic (exact) mass is 366 g/mol. The molecule has 138 valence electrons. The normalized spacial score (nSPS) is 13.8. The molecule has 3 nitrogen and oxygen atoms in total. The number of hydrogen-bond donors (Lipinski definition) is 0. The van der Waals surface area contributed by atoms with Crippen LogP contribution in [0.15, 0.2) is 77.7 Å². The van der Waals surface area contributed by atoms with Gasteiger partial charge in [-0.3, -0.25) is 9.78 Å². The lowest BCUT2D eigenvalue weighted by atomic mass is 9.96. The third kappa shape index (κ3) is 2.84. The van der Waals surface area contributed by atoms with Gasteiger partial charge in [-0.2, -0.15) is 0 Å². The molecule has 0 amide bonds. The van der Waals surface area contributed by atoms with Gasteiger partial charge in [-0.25, -0.2) is 0 Å². The topological polar surface area (TPSA) is 34.9 Å². The molecule has 0 unspecified atom stereocenters. The van der Waals surface area contributed by atoms with Gasteiger partial charge < -0.3 is 4.57 Å². The van der Waals surface area contributed by atoms with Crippen molar-refractivity contribution in [3.05, 3.63) is 88.8 Å². The van der Waals surface area contributed by atoms with Crippen molar-refractivity contribution in [2.24, 2.45) is 0 Å².